The molecule has 0 atom stereocenters. The Hall–Kier alpha value is -0.0400. The highest BCUT2D eigenvalue weighted by molar-refractivity contribution is 4.72. The van der Waals surface area contributed by atoms with Crippen LogP contribution >= 0.6 is 0 Å². The van der Waals surface area contributed by atoms with Crippen molar-refractivity contribution in [1.82, 2.24) is 5.73 Å². The maximum Gasteiger partial charge on any atom is 0.00997 e. The Morgan fingerprint density at radius 1 is 1.11 bits per heavy atom. The second-order valence-electron chi connectivity index (χ2n) is 3.04. The molecule has 1 aliphatic rings. The second kappa shape index (κ2) is 3.89. The molecule has 1 N–H and O–H groups in total. The van der Waals surface area contributed by atoms with Gasteiger partial charge in [0.1, 0.15) is 0 Å². The molecule has 1 fully saturated rings. The van der Waals surface area contributed by atoms with Gasteiger partial charge in [0.05, 0.1) is 0 Å². The lowest BCUT2D eigenvalue weighted by Gasteiger charge is -1.95. The molecule has 1 nitrogen and oxygen atoms in total. The van der Waals surface area contributed by atoms with Gasteiger partial charge in [-0.05, 0) is 12.3 Å². The molecule has 0 aromatic carbocycles. The van der Waals surface area contributed by atoms with Crippen molar-refractivity contribution < 1.29 is 0 Å². The molecular formula is C8H16N. The van der Waals surface area contributed by atoms with Crippen LogP contribution in [0.1, 0.15) is 38.5 Å². The predicted molar refractivity (Wildman–Crippen MR) is 39.2 cm³/mol. The van der Waals surface area contributed by atoms with Crippen molar-refractivity contribution in [2.24, 2.45) is 5.92 Å². The minimum absolute atomic E-state index is 0.630. The predicted octanol–water partition coefficient (Wildman–Crippen LogP) is 2.24. The molecule has 0 spiro atoms. The summed E-state index contributed by atoms with van der Waals surface area (Å²) in [4.78, 5) is 0. The molecule has 0 heterocycles. The standard InChI is InChI=1S/C8H16N/c9-7-3-1-2-4-8-5-6-8/h8-9H,1-7H2. The topological polar surface area (TPSA) is 23.8 Å². The van der Waals surface area contributed by atoms with Gasteiger partial charge in [0.25, 0.3) is 0 Å². The summed E-state index contributed by atoms with van der Waals surface area (Å²) in [6.07, 6.45) is 8.21. The molecule has 0 amide bonds. The summed E-state index contributed by atoms with van der Waals surface area (Å²) >= 11 is 0. The molecule has 1 heteroatoms. The van der Waals surface area contributed by atoms with E-state index in [4.69, 9.17) is 5.73 Å². The van der Waals surface area contributed by atoms with Gasteiger partial charge in [-0.1, -0.05) is 32.1 Å². The van der Waals surface area contributed by atoms with Crippen LogP contribution in [0.25, 0.3) is 0 Å². The van der Waals surface area contributed by atoms with E-state index >= 15 is 0 Å². The zero-order chi connectivity index (χ0) is 6.53. The van der Waals surface area contributed by atoms with Crippen LogP contribution in [0.2, 0.25) is 0 Å². The first-order valence-corrected chi connectivity index (χ1v) is 4.08. The molecule has 0 aliphatic heterocycles. The number of unbranched alkanes of at least 4 members (excludes halogenated alkanes) is 2. The molecule has 0 bridgehead atoms. The summed E-state index contributed by atoms with van der Waals surface area (Å²) in [6.45, 7) is 0.630. The third-order valence-corrected chi connectivity index (χ3v) is 1.99. The number of hydrogen-bond acceptors (Lipinski definition) is 0. The van der Waals surface area contributed by atoms with E-state index in [2.05, 4.69) is 0 Å². The minimum Gasteiger partial charge on any atom is -0.258 e. The van der Waals surface area contributed by atoms with Gasteiger partial charge in [-0.3, -0.25) is 5.73 Å². The Morgan fingerprint density at radius 2 is 1.89 bits per heavy atom. The highest BCUT2D eigenvalue weighted by Crippen LogP contribution is 2.33. The van der Waals surface area contributed by atoms with Gasteiger partial charge in [0.15, 0.2) is 0 Å². The van der Waals surface area contributed by atoms with E-state index in [1.807, 2.05) is 0 Å². The van der Waals surface area contributed by atoms with E-state index in [1.54, 1.807) is 0 Å². The van der Waals surface area contributed by atoms with Crippen molar-refractivity contribution in [3.63, 3.8) is 0 Å². The molecule has 1 saturated carbocycles. The summed E-state index contributed by atoms with van der Waals surface area (Å²) in [5, 5.41) is 0. The molecule has 0 aromatic rings. The van der Waals surface area contributed by atoms with Crippen LogP contribution in [0.3, 0.4) is 0 Å². The van der Waals surface area contributed by atoms with Crippen LogP contribution in [0.5, 0.6) is 0 Å². The van der Waals surface area contributed by atoms with Crippen molar-refractivity contribution in [1.29, 1.82) is 0 Å². The zero-order valence-electron chi connectivity index (χ0n) is 6.03. The second-order valence-corrected chi connectivity index (χ2v) is 3.04. The van der Waals surface area contributed by atoms with Gasteiger partial charge < -0.3 is 0 Å². The first kappa shape index (κ1) is 7.07. The molecule has 1 aliphatic carbocycles. The third kappa shape index (κ3) is 3.52. The summed E-state index contributed by atoms with van der Waals surface area (Å²) in [5.74, 6) is 1.09. The lowest BCUT2D eigenvalue weighted by atomic mass is 10.1. The maximum absolute atomic E-state index is 6.90. The lowest BCUT2D eigenvalue weighted by Crippen LogP contribution is -1.85. The smallest absolute Gasteiger partial charge is 0.00997 e. The zero-order valence-corrected chi connectivity index (χ0v) is 6.03. The molecule has 0 saturated heterocycles. The lowest BCUT2D eigenvalue weighted by molar-refractivity contribution is 0.605. The van der Waals surface area contributed by atoms with Crippen LogP contribution < -0.4 is 5.73 Å². The van der Waals surface area contributed by atoms with Gasteiger partial charge in [-0.25, -0.2) is 0 Å². The Balaban J connectivity index is 1.71. The normalized spacial score (nSPS) is 18.3. The van der Waals surface area contributed by atoms with Gasteiger partial charge >= 0.3 is 0 Å². The molecule has 1 rings (SSSR count). The highest BCUT2D eigenvalue weighted by atomic mass is 14.5. The maximum atomic E-state index is 6.90. The average Bonchev–Trinajstić information content (AvgIpc) is 2.63. The van der Waals surface area contributed by atoms with E-state index in [1.165, 1.54) is 32.1 Å². The van der Waals surface area contributed by atoms with Gasteiger partial charge in [-0.15, -0.1) is 0 Å². The summed E-state index contributed by atoms with van der Waals surface area (Å²) in [7, 11) is 0. The Morgan fingerprint density at radius 3 is 2.44 bits per heavy atom. The molecule has 9 heavy (non-hydrogen) atoms. The van der Waals surface area contributed by atoms with Crippen LogP contribution in [-0.2, 0) is 0 Å². The monoisotopic (exact) mass is 126 g/mol. The third-order valence-electron chi connectivity index (χ3n) is 1.99. The van der Waals surface area contributed by atoms with Crippen LogP contribution in [0, 0.1) is 5.92 Å². The fraction of sp³-hybridized carbons (Fsp3) is 1.00. The van der Waals surface area contributed by atoms with Gasteiger partial charge in [0, 0.05) is 6.54 Å². The van der Waals surface area contributed by atoms with E-state index < -0.39 is 0 Å². The fourth-order valence-corrected chi connectivity index (χ4v) is 1.14. The first-order chi connectivity index (χ1) is 4.43. The van der Waals surface area contributed by atoms with E-state index in [-0.39, 0.29) is 0 Å². The molecule has 53 valence electrons. The Labute approximate surface area is 57.6 Å². The molecule has 1 radical (unpaired) electrons. The van der Waals surface area contributed by atoms with Crippen LogP contribution in [0.15, 0.2) is 0 Å². The van der Waals surface area contributed by atoms with E-state index in [0.29, 0.717) is 6.54 Å². The first-order valence-electron chi connectivity index (χ1n) is 4.08. The van der Waals surface area contributed by atoms with Gasteiger partial charge in [0.2, 0.25) is 0 Å². The van der Waals surface area contributed by atoms with Crippen molar-refractivity contribution in [3.05, 3.63) is 0 Å². The molecular weight excluding hydrogens is 110 g/mol. The highest BCUT2D eigenvalue weighted by Gasteiger charge is 2.19. The quantitative estimate of drug-likeness (QED) is 0.504. The fourth-order valence-electron chi connectivity index (χ4n) is 1.14. The summed E-state index contributed by atoms with van der Waals surface area (Å²) in [6, 6.07) is 0. The largest absolute Gasteiger partial charge is 0.258 e. The van der Waals surface area contributed by atoms with Crippen molar-refractivity contribution >= 4 is 0 Å². The van der Waals surface area contributed by atoms with Crippen molar-refractivity contribution in [2.45, 2.75) is 38.5 Å². The van der Waals surface area contributed by atoms with Gasteiger partial charge in [-0.2, -0.15) is 0 Å². The number of rotatable bonds is 5. The van der Waals surface area contributed by atoms with Crippen LogP contribution in [-0.4, -0.2) is 6.54 Å². The minimum atomic E-state index is 0.630. The summed E-state index contributed by atoms with van der Waals surface area (Å²) in [5.41, 5.74) is 6.90. The molecule has 0 unspecified atom stereocenters. The van der Waals surface area contributed by atoms with Crippen LogP contribution in [0.4, 0.5) is 0 Å². The molecule has 0 aromatic heterocycles. The average molecular weight is 126 g/mol. The van der Waals surface area contributed by atoms with Crippen molar-refractivity contribution in [3.8, 4) is 0 Å². The van der Waals surface area contributed by atoms with Crippen molar-refractivity contribution in [2.75, 3.05) is 6.54 Å². The van der Waals surface area contributed by atoms with E-state index in [0.717, 1.165) is 12.3 Å². The number of nitrogens with one attached hydrogen (secondary N) is 1. The van der Waals surface area contributed by atoms with E-state index in [9.17, 15) is 0 Å². The Bertz CT molecular complexity index is 67.0. The summed E-state index contributed by atoms with van der Waals surface area (Å²) < 4.78 is 0. The number of hydrogen-bond donors (Lipinski definition) is 0. The SMILES string of the molecule is [NH]CCCCCC1CC1. The Kier molecular flexibility index (Phi) is 3.05.